The molecule has 1 aliphatic carbocycles. The summed E-state index contributed by atoms with van der Waals surface area (Å²) in [6.45, 7) is 0.737. The second-order valence-corrected chi connectivity index (χ2v) is 6.71. The zero-order valence-corrected chi connectivity index (χ0v) is 13.9. The van der Waals surface area contributed by atoms with Gasteiger partial charge in [0.15, 0.2) is 0 Å². The van der Waals surface area contributed by atoms with Crippen LogP contribution in [0.4, 0.5) is 5.82 Å². The molecular weight excluding hydrogens is 337 g/mol. The van der Waals surface area contributed by atoms with E-state index in [0.29, 0.717) is 16.8 Å². The minimum Gasteiger partial charge on any atom is -0.481 e. The lowest BCUT2D eigenvalue weighted by atomic mass is 9.82. The van der Waals surface area contributed by atoms with Crippen LogP contribution in [-0.4, -0.2) is 27.6 Å². The molecule has 1 saturated carbocycles. The topological polar surface area (TPSA) is 75.1 Å². The number of hydrogen-bond donors (Lipinski definition) is 2. The van der Waals surface area contributed by atoms with Gasteiger partial charge in [0.1, 0.15) is 5.82 Å². The average molecular weight is 354 g/mol. The highest BCUT2D eigenvalue weighted by Gasteiger charge is 2.25. The molecule has 122 valence electrons. The quantitative estimate of drug-likeness (QED) is 0.804. The van der Waals surface area contributed by atoms with Crippen molar-refractivity contribution in [2.24, 2.45) is 11.8 Å². The van der Waals surface area contributed by atoms with Crippen molar-refractivity contribution in [2.75, 3.05) is 11.9 Å². The van der Waals surface area contributed by atoms with Crippen LogP contribution in [0.2, 0.25) is 10.3 Å². The van der Waals surface area contributed by atoms with E-state index in [2.05, 4.69) is 15.3 Å². The van der Waals surface area contributed by atoms with E-state index < -0.39 is 5.97 Å². The fourth-order valence-electron chi connectivity index (χ4n) is 3.06. The summed E-state index contributed by atoms with van der Waals surface area (Å²) in [7, 11) is 0. The Kier molecular flexibility index (Phi) is 4.87. The fraction of sp³-hybridized carbons (Fsp3) is 0.438. The molecule has 0 unspecified atom stereocenters. The van der Waals surface area contributed by atoms with Crippen LogP contribution in [0.3, 0.4) is 0 Å². The number of carbonyl (C=O) groups is 1. The summed E-state index contributed by atoms with van der Waals surface area (Å²) in [5.74, 6) is 0.232. The molecule has 1 aliphatic rings. The van der Waals surface area contributed by atoms with Crippen LogP contribution < -0.4 is 5.32 Å². The lowest BCUT2D eigenvalue weighted by Gasteiger charge is -2.26. The number of carboxylic acid groups (broad SMARTS) is 1. The molecule has 0 aliphatic heterocycles. The molecule has 1 aromatic heterocycles. The van der Waals surface area contributed by atoms with Gasteiger partial charge in [0.25, 0.3) is 0 Å². The van der Waals surface area contributed by atoms with E-state index in [-0.39, 0.29) is 11.2 Å². The van der Waals surface area contributed by atoms with E-state index in [1.54, 1.807) is 6.07 Å². The molecule has 0 amide bonds. The monoisotopic (exact) mass is 353 g/mol. The summed E-state index contributed by atoms with van der Waals surface area (Å²) in [6, 6.07) is 5.40. The number of anilines is 1. The smallest absolute Gasteiger partial charge is 0.306 e. The summed E-state index contributed by atoms with van der Waals surface area (Å²) in [6.07, 6.45) is 3.28. The van der Waals surface area contributed by atoms with Gasteiger partial charge < -0.3 is 10.4 Å². The van der Waals surface area contributed by atoms with Crippen LogP contribution in [0.15, 0.2) is 18.2 Å². The number of carboxylic acids is 1. The largest absolute Gasteiger partial charge is 0.481 e. The third kappa shape index (κ3) is 3.85. The molecule has 7 heteroatoms. The van der Waals surface area contributed by atoms with Gasteiger partial charge in [-0.2, -0.15) is 0 Å². The summed E-state index contributed by atoms with van der Waals surface area (Å²) >= 11 is 12.0. The van der Waals surface area contributed by atoms with Crippen molar-refractivity contribution in [3.05, 3.63) is 28.5 Å². The van der Waals surface area contributed by atoms with Gasteiger partial charge in [0.05, 0.1) is 11.4 Å². The van der Waals surface area contributed by atoms with E-state index in [1.165, 1.54) is 0 Å². The van der Waals surface area contributed by atoms with Crippen LogP contribution in [0.5, 0.6) is 0 Å². The predicted octanol–water partition coefficient (Wildman–Crippen LogP) is 4.24. The van der Waals surface area contributed by atoms with E-state index >= 15 is 0 Å². The van der Waals surface area contributed by atoms with Crippen molar-refractivity contribution in [1.82, 2.24) is 9.97 Å². The molecule has 0 atom stereocenters. The van der Waals surface area contributed by atoms with Gasteiger partial charge in [-0.3, -0.25) is 4.79 Å². The highest BCUT2D eigenvalue weighted by atomic mass is 35.5. The van der Waals surface area contributed by atoms with Gasteiger partial charge in [-0.25, -0.2) is 9.97 Å². The Bertz CT molecular complexity index is 731. The normalized spacial score (nSPS) is 21.3. The number of benzene rings is 1. The number of aliphatic carboxylic acids is 1. The Hall–Kier alpha value is -1.59. The Morgan fingerprint density at radius 1 is 1.22 bits per heavy atom. The number of fused-ring (bicyclic) bond motifs is 1. The first-order chi connectivity index (χ1) is 11.0. The second kappa shape index (κ2) is 6.89. The molecular formula is C16H17Cl2N3O2. The highest BCUT2D eigenvalue weighted by molar-refractivity contribution is 6.31. The molecule has 3 rings (SSSR count). The standard InChI is InChI=1S/C16H17Cl2N3O2/c17-11-5-6-13-12(7-11)14(21-16(18)20-13)19-8-9-1-3-10(4-2-9)15(22)23/h5-7,9-10H,1-4,8H2,(H,22,23)(H,19,20,21). The zero-order chi connectivity index (χ0) is 16.4. The Balaban J connectivity index is 1.70. The number of rotatable bonds is 4. The molecule has 1 fully saturated rings. The third-order valence-corrected chi connectivity index (χ3v) is 4.79. The van der Waals surface area contributed by atoms with E-state index in [4.69, 9.17) is 28.3 Å². The maximum Gasteiger partial charge on any atom is 0.306 e. The van der Waals surface area contributed by atoms with Gasteiger partial charge >= 0.3 is 5.97 Å². The Labute approximate surface area is 144 Å². The molecule has 0 saturated heterocycles. The van der Waals surface area contributed by atoms with Crippen molar-refractivity contribution < 1.29 is 9.90 Å². The zero-order valence-electron chi connectivity index (χ0n) is 12.4. The van der Waals surface area contributed by atoms with Crippen molar-refractivity contribution in [2.45, 2.75) is 25.7 Å². The first kappa shape index (κ1) is 16.3. The number of nitrogens with zero attached hydrogens (tertiary/aromatic N) is 2. The van der Waals surface area contributed by atoms with Crippen molar-refractivity contribution in [3.8, 4) is 0 Å². The number of halogens is 2. The lowest BCUT2D eigenvalue weighted by Crippen LogP contribution is -2.25. The molecule has 5 nitrogen and oxygen atoms in total. The Morgan fingerprint density at radius 3 is 2.65 bits per heavy atom. The minimum atomic E-state index is -0.681. The highest BCUT2D eigenvalue weighted by Crippen LogP contribution is 2.30. The number of nitrogens with one attached hydrogen (secondary N) is 1. The third-order valence-electron chi connectivity index (χ3n) is 4.38. The van der Waals surface area contributed by atoms with Gasteiger partial charge in [0.2, 0.25) is 5.28 Å². The summed E-state index contributed by atoms with van der Waals surface area (Å²) < 4.78 is 0. The Morgan fingerprint density at radius 2 is 1.96 bits per heavy atom. The van der Waals surface area contributed by atoms with Crippen molar-refractivity contribution in [1.29, 1.82) is 0 Å². The van der Waals surface area contributed by atoms with Crippen LogP contribution in [0.1, 0.15) is 25.7 Å². The van der Waals surface area contributed by atoms with E-state index in [9.17, 15) is 4.79 Å². The second-order valence-electron chi connectivity index (χ2n) is 5.94. The van der Waals surface area contributed by atoms with Crippen LogP contribution in [-0.2, 0) is 4.79 Å². The summed E-state index contributed by atoms with van der Waals surface area (Å²) in [5.41, 5.74) is 0.742. The van der Waals surface area contributed by atoms with E-state index in [1.807, 2.05) is 12.1 Å². The number of aromatic nitrogens is 2. The molecule has 0 radical (unpaired) electrons. The number of hydrogen-bond acceptors (Lipinski definition) is 4. The van der Waals surface area contributed by atoms with E-state index in [0.717, 1.165) is 43.1 Å². The van der Waals surface area contributed by atoms with Crippen LogP contribution in [0, 0.1) is 11.8 Å². The van der Waals surface area contributed by atoms with Crippen molar-refractivity contribution in [3.63, 3.8) is 0 Å². The molecule has 0 spiro atoms. The maximum absolute atomic E-state index is 11.0. The van der Waals surface area contributed by atoms with Gasteiger partial charge in [-0.15, -0.1) is 0 Å². The minimum absolute atomic E-state index is 0.192. The maximum atomic E-state index is 11.0. The van der Waals surface area contributed by atoms with Gasteiger partial charge in [0, 0.05) is 17.0 Å². The lowest BCUT2D eigenvalue weighted by molar-refractivity contribution is -0.143. The molecule has 2 N–H and O–H groups in total. The molecule has 2 aromatic rings. The molecule has 23 heavy (non-hydrogen) atoms. The fourth-order valence-corrected chi connectivity index (χ4v) is 3.41. The molecule has 0 bridgehead atoms. The van der Waals surface area contributed by atoms with Gasteiger partial charge in [-0.1, -0.05) is 11.6 Å². The van der Waals surface area contributed by atoms with Crippen molar-refractivity contribution >= 4 is 45.9 Å². The first-order valence-corrected chi connectivity index (χ1v) is 8.38. The summed E-state index contributed by atoms with van der Waals surface area (Å²) in [5, 5.41) is 14.0. The van der Waals surface area contributed by atoms with Gasteiger partial charge in [-0.05, 0) is 61.4 Å². The summed E-state index contributed by atoms with van der Waals surface area (Å²) in [4.78, 5) is 19.4. The predicted molar refractivity (Wildman–Crippen MR) is 91.1 cm³/mol. The van der Waals surface area contributed by atoms with Crippen LogP contribution >= 0.6 is 23.2 Å². The van der Waals surface area contributed by atoms with Crippen LogP contribution in [0.25, 0.3) is 10.9 Å². The SMILES string of the molecule is O=C(O)C1CCC(CNc2nc(Cl)nc3ccc(Cl)cc23)CC1. The average Bonchev–Trinajstić information content (AvgIpc) is 2.53. The molecule has 1 aromatic carbocycles. The first-order valence-electron chi connectivity index (χ1n) is 7.62. The molecule has 1 heterocycles.